The molecule has 2 aliphatic rings. The standard InChI is InChI=1S/C14H26N2O2/c1-13(17)15-10-6-14(7-11-15)5-3-8-16(14)9-4-12-18-2/h3-12H2,1-2H3. The third-order valence-corrected chi connectivity index (χ3v) is 4.66. The Labute approximate surface area is 110 Å². The van der Waals surface area contributed by atoms with Gasteiger partial charge in [0.25, 0.3) is 0 Å². The Bertz CT molecular complexity index is 286. The van der Waals surface area contributed by atoms with Gasteiger partial charge in [0.05, 0.1) is 0 Å². The lowest BCUT2D eigenvalue weighted by molar-refractivity contribution is -0.131. The molecule has 0 aliphatic carbocycles. The number of amides is 1. The maximum Gasteiger partial charge on any atom is 0.219 e. The van der Waals surface area contributed by atoms with Crippen LogP contribution in [0.3, 0.4) is 0 Å². The molecule has 0 aromatic heterocycles. The predicted molar refractivity (Wildman–Crippen MR) is 71.5 cm³/mol. The first kappa shape index (κ1) is 13.8. The molecule has 2 rings (SSSR count). The topological polar surface area (TPSA) is 32.8 Å². The lowest BCUT2D eigenvalue weighted by Gasteiger charge is -2.45. The number of likely N-dealkylation sites (tertiary alicyclic amines) is 2. The Balaban J connectivity index is 1.88. The molecular formula is C14H26N2O2. The van der Waals surface area contributed by atoms with Gasteiger partial charge in [0.1, 0.15) is 0 Å². The highest BCUT2D eigenvalue weighted by molar-refractivity contribution is 5.73. The van der Waals surface area contributed by atoms with E-state index < -0.39 is 0 Å². The molecule has 2 heterocycles. The smallest absolute Gasteiger partial charge is 0.219 e. The molecule has 1 amide bonds. The van der Waals surface area contributed by atoms with E-state index in [1.165, 1.54) is 19.4 Å². The second-order valence-electron chi connectivity index (χ2n) is 5.67. The van der Waals surface area contributed by atoms with Crippen LogP contribution >= 0.6 is 0 Å². The first-order valence-electron chi connectivity index (χ1n) is 7.17. The highest BCUT2D eigenvalue weighted by Crippen LogP contribution is 2.38. The second kappa shape index (κ2) is 6.02. The molecule has 0 atom stereocenters. The fourth-order valence-corrected chi connectivity index (χ4v) is 3.55. The average molecular weight is 254 g/mol. The molecule has 2 fully saturated rings. The minimum absolute atomic E-state index is 0.230. The van der Waals surface area contributed by atoms with Crippen LogP contribution in [0.1, 0.15) is 39.0 Å². The highest BCUT2D eigenvalue weighted by Gasteiger charge is 2.42. The SMILES string of the molecule is COCCCN1CCCC12CCN(C(C)=O)CC2. The Hall–Kier alpha value is -0.610. The Kier molecular flexibility index (Phi) is 4.62. The average Bonchev–Trinajstić information content (AvgIpc) is 2.73. The lowest BCUT2D eigenvalue weighted by atomic mass is 9.85. The Morgan fingerprint density at radius 2 is 1.94 bits per heavy atom. The van der Waals surface area contributed by atoms with Gasteiger partial charge in [-0.25, -0.2) is 0 Å². The van der Waals surface area contributed by atoms with Crippen molar-refractivity contribution in [3.8, 4) is 0 Å². The summed E-state index contributed by atoms with van der Waals surface area (Å²) in [4.78, 5) is 16.0. The molecule has 0 radical (unpaired) electrons. The summed E-state index contributed by atoms with van der Waals surface area (Å²) in [5.74, 6) is 0.230. The van der Waals surface area contributed by atoms with Gasteiger partial charge in [-0.1, -0.05) is 0 Å². The number of hydrogen-bond acceptors (Lipinski definition) is 3. The normalized spacial score (nSPS) is 23.8. The number of nitrogens with zero attached hydrogens (tertiary/aromatic N) is 2. The van der Waals surface area contributed by atoms with Crippen molar-refractivity contribution in [3.05, 3.63) is 0 Å². The molecule has 0 bridgehead atoms. The van der Waals surface area contributed by atoms with Crippen LogP contribution in [-0.4, -0.2) is 61.1 Å². The van der Waals surface area contributed by atoms with E-state index >= 15 is 0 Å². The molecule has 0 aromatic carbocycles. The van der Waals surface area contributed by atoms with E-state index in [1.807, 2.05) is 4.90 Å². The first-order chi connectivity index (χ1) is 8.68. The lowest BCUT2D eigenvalue weighted by Crippen LogP contribution is -2.53. The number of hydrogen-bond donors (Lipinski definition) is 0. The van der Waals surface area contributed by atoms with Gasteiger partial charge < -0.3 is 9.64 Å². The number of methoxy groups -OCH3 is 1. The van der Waals surface area contributed by atoms with Crippen molar-refractivity contribution in [2.24, 2.45) is 0 Å². The van der Waals surface area contributed by atoms with Crippen LogP contribution in [0.4, 0.5) is 0 Å². The van der Waals surface area contributed by atoms with Gasteiger partial charge in [-0.05, 0) is 38.6 Å². The summed E-state index contributed by atoms with van der Waals surface area (Å²) in [5.41, 5.74) is 0.389. The van der Waals surface area contributed by atoms with Crippen LogP contribution in [0, 0.1) is 0 Å². The Morgan fingerprint density at radius 3 is 2.56 bits per heavy atom. The second-order valence-corrected chi connectivity index (χ2v) is 5.67. The van der Waals surface area contributed by atoms with Crippen LogP contribution in [0.5, 0.6) is 0 Å². The number of ether oxygens (including phenoxy) is 1. The molecule has 0 N–H and O–H groups in total. The number of piperidine rings is 1. The quantitative estimate of drug-likeness (QED) is 0.713. The van der Waals surface area contributed by atoms with Crippen LogP contribution < -0.4 is 0 Å². The minimum Gasteiger partial charge on any atom is -0.385 e. The van der Waals surface area contributed by atoms with Crippen LogP contribution in [0.2, 0.25) is 0 Å². The van der Waals surface area contributed by atoms with E-state index in [1.54, 1.807) is 14.0 Å². The third-order valence-electron chi connectivity index (χ3n) is 4.66. The molecule has 0 aromatic rings. The molecule has 4 nitrogen and oxygen atoms in total. The number of carbonyl (C=O) groups is 1. The minimum atomic E-state index is 0.230. The van der Waals surface area contributed by atoms with E-state index in [-0.39, 0.29) is 5.91 Å². The fraction of sp³-hybridized carbons (Fsp3) is 0.929. The first-order valence-corrected chi connectivity index (χ1v) is 7.17. The van der Waals surface area contributed by atoms with Crippen molar-refractivity contribution < 1.29 is 9.53 Å². The Morgan fingerprint density at radius 1 is 1.22 bits per heavy atom. The summed E-state index contributed by atoms with van der Waals surface area (Å²) < 4.78 is 5.15. The van der Waals surface area contributed by atoms with Gasteiger partial charge in [0.2, 0.25) is 5.91 Å². The van der Waals surface area contributed by atoms with E-state index in [9.17, 15) is 4.79 Å². The van der Waals surface area contributed by atoms with Crippen molar-refractivity contribution in [3.63, 3.8) is 0 Å². The molecular weight excluding hydrogens is 228 g/mol. The fourth-order valence-electron chi connectivity index (χ4n) is 3.55. The van der Waals surface area contributed by atoms with Crippen molar-refractivity contribution in [1.82, 2.24) is 9.80 Å². The molecule has 18 heavy (non-hydrogen) atoms. The third kappa shape index (κ3) is 2.86. The largest absolute Gasteiger partial charge is 0.385 e. The zero-order valence-corrected chi connectivity index (χ0v) is 11.8. The summed E-state index contributed by atoms with van der Waals surface area (Å²) in [6.45, 7) is 6.79. The molecule has 2 aliphatic heterocycles. The van der Waals surface area contributed by atoms with Crippen LogP contribution in [0.25, 0.3) is 0 Å². The maximum atomic E-state index is 11.4. The van der Waals surface area contributed by atoms with Crippen LogP contribution in [-0.2, 0) is 9.53 Å². The predicted octanol–water partition coefficient (Wildman–Crippen LogP) is 1.50. The zero-order chi connectivity index (χ0) is 13.0. The van der Waals surface area contributed by atoms with E-state index in [0.717, 1.165) is 45.5 Å². The molecule has 0 saturated carbocycles. The zero-order valence-electron chi connectivity index (χ0n) is 11.8. The van der Waals surface area contributed by atoms with Gasteiger partial charge in [-0.2, -0.15) is 0 Å². The van der Waals surface area contributed by atoms with Gasteiger partial charge >= 0.3 is 0 Å². The summed E-state index contributed by atoms with van der Waals surface area (Å²) in [6, 6.07) is 0. The molecule has 104 valence electrons. The van der Waals surface area contributed by atoms with Gasteiger partial charge in [-0.15, -0.1) is 0 Å². The van der Waals surface area contributed by atoms with Gasteiger partial charge in [-0.3, -0.25) is 9.69 Å². The van der Waals surface area contributed by atoms with Crippen molar-refractivity contribution in [2.45, 2.75) is 44.6 Å². The molecule has 1 spiro atoms. The van der Waals surface area contributed by atoms with Crippen molar-refractivity contribution in [1.29, 1.82) is 0 Å². The summed E-state index contributed by atoms with van der Waals surface area (Å²) in [5, 5.41) is 0. The molecule has 2 saturated heterocycles. The molecule has 0 unspecified atom stereocenters. The van der Waals surface area contributed by atoms with Crippen molar-refractivity contribution in [2.75, 3.05) is 39.9 Å². The van der Waals surface area contributed by atoms with Gasteiger partial charge in [0, 0.05) is 45.8 Å². The number of rotatable bonds is 4. The summed E-state index contributed by atoms with van der Waals surface area (Å²) in [7, 11) is 1.77. The summed E-state index contributed by atoms with van der Waals surface area (Å²) in [6.07, 6.45) is 6.05. The van der Waals surface area contributed by atoms with Crippen LogP contribution in [0.15, 0.2) is 0 Å². The van der Waals surface area contributed by atoms with E-state index in [2.05, 4.69) is 4.90 Å². The van der Waals surface area contributed by atoms with E-state index in [0.29, 0.717) is 5.54 Å². The van der Waals surface area contributed by atoms with Gasteiger partial charge in [0.15, 0.2) is 0 Å². The number of carbonyl (C=O) groups excluding carboxylic acids is 1. The maximum absolute atomic E-state index is 11.4. The van der Waals surface area contributed by atoms with Crippen molar-refractivity contribution >= 4 is 5.91 Å². The highest BCUT2D eigenvalue weighted by atomic mass is 16.5. The van der Waals surface area contributed by atoms with E-state index in [4.69, 9.17) is 4.74 Å². The molecule has 4 heteroatoms. The summed E-state index contributed by atoms with van der Waals surface area (Å²) >= 11 is 0. The monoisotopic (exact) mass is 254 g/mol.